The smallest absolute Gasteiger partial charge is 0.161 e. The molecule has 0 saturated carbocycles. The van der Waals surface area contributed by atoms with Gasteiger partial charge < -0.3 is 19.9 Å². The summed E-state index contributed by atoms with van der Waals surface area (Å²) in [5.41, 5.74) is 10.6. The molecule has 144 valence electrons. The van der Waals surface area contributed by atoms with Crippen molar-refractivity contribution in [2.75, 3.05) is 34.4 Å². The van der Waals surface area contributed by atoms with E-state index in [-0.39, 0.29) is 6.04 Å². The Balaban J connectivity index is 1.63. The average Bonchev–Trinajstić information content (AvgIpc) is 2.72. The van der Waals surface area contributed by atoms with Crippen molar-refractivity contribution in [2.24, 2.45) is 5.73 Å². The Kier molecular flexibility index (Phi) is 4.98. The summed E-state index contributed by atoms with van der Waals surface area (Å²) in [6.45, 7) is 2.01. The third kappa shape index (κ3) is 3.26. The van der Waals surface area contributed by atoms with Crippen LogP contribution in [-0.4, -0.2) is 45.4 Å². The van der Waals surface area contributed by atoms with Gasteiger partial charge in [-0.05, 0) is 53.8 Å². The summed E-state index contributed by atoms with van der Waals surface area (Å²) < 4.78 is 16.4. The van der Waals surface area contributed by atoms with Gasteiger partial charge in [-0.15, -0.1) is 0 Å². The Morgan fingerprint density at radius 1 is 1.00 bits per heavy atom. The van der Waals surface area contributed by atoms with Gasteiger partial charge in [0, 0.05) is 31.1 Å². The van der Waals surface area contributed by atoms with Crippen molar-refractivity contribution >= 4 is 0 Å². The van der Waals surface area contributed by atoms with Gasteiger partial charge in [0.2, 0.25) is 0 Å². The van der Waals surface area contributed by atoms with Gasteiger partial charge in [-0.2, -0.15) is 0 Å². The van der Waals surface area contributed by atoms with Gasteiger partial charge in [0.1, 0.15) is 5.75 Å². The Bertz CT molecular complexity index is 823. The summed E-state index contributed by atoms with van der Waals surface area (Å²) in [6.07, 6.45) is 1.95. The Morgan fingerprint density at radius 3 is 2.52 bits per heavy atom. The molecule has 2 aromatic carbocycles. The summed E-state index contributed by atoms with van der Waals surface area (Å²) in [5.74, 6) is 2.81. The second kappa shape index (κ2) is 7.41. The normalized spacial score (nSPS) is 24.7. The lowest BCUT2D eigenvalue weighted by molar-refractivity contribution is 0.109. The molecule has 0 aromatic heterocycles. The zero-order valence-electron chi connectivity index (χ0n) is 16.3. The fourth-order valence-corrected chi connectivity index (χ4v) is 4.61. The molecule has 27 heavy (non-hydrogen) atoms. The van der Waals surface area contributed by atoms with Crippen LogP contribution in [0.25, 0.3) is 0 Å². The van der Waals surface area contributed by atoms with Crippen LogP contribution >= 0.6 is 0 Å². The number of hydrogen-bond acceptors (Lipinski definition) is 5. The summed E-state index contributed by atoms with van der Waals surface area (Å²) in [7, 11) is 5.09. The number of rotatable bonds is 4. The van der Waals surface area contributed by atoms with Gasteiger partial charge in [-0.3, -0.25) is 4.90 Å². The lowest BCUT2D eigenvalue weighted by atomic mass is 9.78. The van der Waals surface area contributed by atoms with Crippen LogP contribution in [0.1, 0.15) is 35.1 Å². The Labute approximate surface area is 161 Å². The van der Waals surface area contributed by atoms with Crippen LogP contribution in [0.4, 0.5) is 0 Å². The van der Waals surface area contributed by atoms with Gasteiger partial charge in [0.15, 0.2) is 11.5 Å². The van der Waals surface area contributed by atoms with Crippen LogP contribution in [0.15, 0.2) is 36.4 Å². The summed E-state index contributed by atoms with van der Waals surface area (Å²) >= 11 is 0. The van der Waals surface area contributed by atoms with Crippen LogP contribution in [0.2, 0.25) is 0 Å². The molecule has 5 heteroatoms. The predicted octanol–water partition coefficient (Wildman–Crippen LogP) is 3.13. The fourth-order valence-electron chi connectivity index (χ4n) is 4.61. The summed E-state index contributed by atoms with van der Waals surface area (Å²) in [6, 6.07) is 13.0. The molecule has 0 amide bonds. The number of nitrogens with two attached hydrogens (primary N) is 1. The van der Waals surface area contributed by atoms with Gasteiger partial charge >= 0.3 is 0 Å². The molecule has 1 fully saturated rings. The molecule has 1 saturated heterocycles. The van der Waals surface area contributed by atoms with Crippen molar-refractivity contribution in [3.05, 3.63) is 53.1 Å². The van der Waals surface area contributed by atoms with Gasteiger partial charge in [0.25, 0.3) is 0 Å². The third-order valence-corrected chi connectivity index (χ3v) is 6.08. The highest BCUT2D eigenvalue weighted by molar-refractivity contribution is 5.50. The van der Waals surface area contributed by atoms with Crippen LogP contribution in [0.3, 0.4) is 0 Å². The average molecular weight is 368 g/mol. The highest BCUT2D eigenvalue weighted by atomic mass is 16.5. The third-order valence-electron chi connectivity index (χ3n) is 6.08. The molecular formula is C22H28N2O3. The maximum Gasteiger partial charge on any atom is 0.161 e. The van der Waals surface area contributed by atoms with E-state index < -0.39 is 0 Å². The van der Waals surface area contributed by atoms with Crippen molar-refractivity contribution in [3.8, 4) is 17.2 Å². The Hall–Kier alpha value is -2.24. The molecule has 2 heterocycles. The minimum atomic E-state index is 0.109. The first-order valence-electron chi connectivity index (χ1n) is 9.53. The highest BCUT2D eigenvalue weighted by Gasteiger charge is 2.38. The van der Waals surface area contributed by atoms with E-state index in [1.165, 1.54) is 16.7 Å². The summed E-state index contributed by atoms with van der Waals surface area (Å²) in [5, 5.41) is 0. The molecule has 0 bridgehead atoms. The molecule has 2 aliphatic rings. The molecule has 5 nitrogen and oxygen atoms in total. The highest BCUT2D eigenvalue weighted by Crippen LogP contribution is 2.44. The second-order valence-electron chi connectivity index (χ2n) is 7.45. The maximum atomic E-state index is 6.67. The number of ether oxygens (including phenoxy) is 3. The van der Waals surface area contributed by atoms with E-state index in [9.17, 15) is 0 Å². The zero-order chi connectivity index (χ0) is 19.0. The number of benzene rings is 2. The number of nitrogens with zero attached hydrogens (tertiary/aromatic N) is 1. The molecule has 0 spiro atoms. The minimum Gasteiger partial charge on any atom is -0.497 e. The number of piperidine rings is 1. The van der Waals surface area contributed by atoms with E-state index in [4.69, 9.17) is 19.9 Å². The fraction of sp³-hybridized carbons (Fsp3) is 0.455. The lowest BCUT2D eigenvalue weighted by Crippen LogP contribution is -2.49. The van der Waals surface area contributed by atoms with E-state index in [0.717, 1.165) is 43.2 Å². The van der Waals surface area contributed by atoms with E-state index in [0.29, 0.717) is 12.0 Å². The molecule has 0 radical (unpaired) electrons. The van der Waals surface area contributed by atoms with E-state index in [2.05, 4.69) is 35.2 Å². The van der Waals surface area contributed by atoms with Crippen molar-refractivity contribution in [1.29, 1.82) is 0 Å². The number of hydrogen-bond donors (Lipinski definition) is 1. The Morgan fingerprint density at radius 2 is 1.78 bits per heavy atom. The van der Waals surface area contributed by atoms with Gasteiger partial charge in [-0.1, -0.05) is 12.1 Å². The summed E-state index contributed by atoms with van der Waals surface area (Å²) in [4.78, 5) is 2.57. The van der Waals surface area contributed by atoms with Crippen LogP contribution in [0.5, 0.6) is 17.2 Å². The van der Waals surface area contributed by atoms with E-state index >= 15 is 0 Å². The van der Waals surface area contributed by atoms with E-state index in [1.54, 1.807) is 21.3 Å². The van der Waals surface area contributed by atoms with Crippen LogP contribution < -0.4 is 19.9 Å². The molecule has 4 rings (SSSR count). The van der Waals surface area contributed by atoms with Crippen molar-refractivity contribution in [3.63, 3.8) is 0 Å². The molecule has 2 aliphatic heterocycles. The van der Waals surface area contributed by atoms with Crippen LogP contribution in [-0.2, 0) is 6.42 Å². The minimum absolute atomic E-state index is 0.109. The van der Waals surface area contributed by atoms with Gasteiger partial charge in [0.05, 0.1) is 21.3 Å². The van der Waals surface area contributed by atoms with E-state index in [1.807, 2.05) is 6.07 Å². The molecule has 0 unspecified atom stereocenters. The van der Waals surface area contributed by atoms with Gasteiger partial charge in [-0.25, -0.2) is 0 Å². The second-order valence-corrected chi connectivity index (χ2v) is 7.45. The molecule has 2 N–H and O–H groups in total. The molecule has 0 aliphatic carbocycles. The van der Waals surface area contributed by atoms with Crippen molar-refractivity contribution in [1.82, 2.24) is 4.90 Å². The first kappa shape index (κ1) is 18.1. The largest absolute Gasteiger partial charge is 0.497 e. The monoisotopic (exact) mass is 368 g/mol. The first-order valence-corrected chi connectivity index (χ1v) is 9.53. The van der Waals surface area contributed by atoms with Crippen molar-refractivity contribution in [2.45, 2.75) is 30.8 Å². The quantitative estimate of drug-likeness (QED) is 0.899. The van der Waals surface area contributed by atoms with Crippen LogP contribution in [0, 0.1) is 0 Å². The number of methoxy groups -OCH3 is 3. The molecule has 3 atom stereocenters. The standard InChI is InChI=1S/C22H28N2O3/c1-25-16-6-4-5-14(9-16)18-13-24-8-7-15-10-21(26-2)22(27-3)11-17(15)20(24)12-19(18)23/h4-6,9-11,18-20H,7-8,12-13,23H2,1-3H3/t18-,19-,20+/m0/s1. The zero-order valence-corrected chi connectivity index (χ0v) is 16.3. The topological polar surface area (TPSA) is 57.0 Å². The lowest BCUT2D eigenvalue weighted by Gasteiger charge is -2.46. The molecule has 2 aromatic rings. The number of fused-ring (bicyclic) bond motifs is 3. The SMILES string of the molecule is COc1cccc([C@@H]2CN3CCc4cc(OC)c(OC)cc4[C@H]3C[C@@H]2N)c1. The predicted molar refractivity (Wildman–Crippen MR) is 106 cm³/mol. The maximum absolute atomic E-state index is 6.67. The van der Waals surface area contributed by atoms with Crippen molar-refractivity contribution < 1.29 is 14.2 Å². The molecular weight excluding hydrogens is 340 g/mol. The first-order chi connectivity index (χ1) is 13.1.